The van der Waals surface area contributed by atoms with Crippen molar-refractivity contribution in [2.75, 3.05) is 0 Å². The molecular formula is C10H18N2O4. The molecule has 1 rings (SSSR count). The highest BCUT2D eigenvalue weighted by Crippen LogP contribution is 2.42. The van der Waals surface area contributed by atoms with E-state index < -0.39 is 20.9 Å². The summed E-state index contributed by atoms with van der Waals surface area (Å²) in [4.78, 5) is 21.6. The summed E-state index contributed by atoms with van der Waals surface area (Å²) in [6.45, 7) is 3.07. The highest BCUT2D eigenvalue weighted by molar-refractivity contribution is 4.98. The fraction of sp³-hybridized carbons (Fsp3) is 1.00. The molecule has 16 heavy (non-hydrogen) atoms. The molecule has 0 amide bonds. The van der Waals surface area contributed by atoms with Gasteiger partial charge in [-0.25, -0.2) is 0 Å². The van der Waals surface area contributed by atoms with Crippen molar-refractivity contribution in [1.82, 2.24) is 0 Å². The smallest absolute Gasteiger partial charge is 0.264 e. The second-order valence-electron chi connectivity index (χ2n) is 4.73. The zero-order valence-corrected chi connectivity index (χ0v) is 9.77. The standard InChI is InChI=1S/C10H18N2O4/c1-3-9(2,11(13)14)10(12(15)16)7-5-4-6-8-10/h3-8H2,1-2H3. The molecule has 0 spiro atoms. The van der Waals surface area contributed by atoms with E-state index in [2.05, 4.69) is 0 Å². The molecule has 0 aromatic heterocycles. The molecule has 0 heterocycles. The van der Waals surface area contributed by atoms with Crippen LogP contribution in [0.15, 0.2) is 0 Å². The van der Waals surface area contributed by atoms with Crippen LogP contribution in [0.25, 0.3) is 0 Å². The first-order chi connectivity index (χ1) is 7.40. The monoisotopic (exact) mass is 230 g/mol. The lowest BCUT2D eigenvalue weighted by Gasteiger charge is -2.36. The molecule has 1 atom stereocenters. The molecule has 0 N–H and O–H groups in total. The minimum absolute atomic E-state index is 0.195. The predicted octanol–water partition coefficient (Wildman–Crippen LogP) is 2.41. The topological polar surface area (TPSA) is 86.3 Å². The van der Waals surface area contributed by atoms with Crippen LogP contribution in [0.1, 0.15) is 52.4 Å². The van der Waals surface area contributed by atoms with Crippen molar-refractivity contribution in [2.24, 2.45) is 0 Å². The van der Waals surface area contributed by atoms with Gasteiger partial charge in [-0.2, -0.15) is 0 Å². The summed E-state index contributed by atoms with van der Waals surface area (Å²) in [5.41, 5.74) is -2.82. The molecule has 0 bridgehead atoms. The van der Waals surface area contributed by atoms with Crippen molar-refractivity contribution in [3.63, 3.8) is 0 Å². The van der Waals surface area contributed by atoms with Crippen molar-refractivity contribution in [2.45, 2.75) is 63.5 Å². The van der Waals surface area contributed by atoms with Gasteiger partial charge in [0.25, 0.3) is 11.1 Å². The summed E-state index contributed by atoms with van der Waals surface area (Å²) in [6.07, 6.45) is 3.21. The van der Waals surface area contributed by atoms with Crippen LogP contribution in [0.2, 0.25) is 0 Å². The Kier molecular flexibility index (Phi) is 3.50. The first-order valence-corrected chi connectivity index (χ1v) is 5.70. The molecule has 6 heteroatoms. The van der Waals surface area contributed by atoms with Crippen LogP contribution < -0.4 is 0 Å². The fourth-order valence-corrected chi connectivity index (χ4v) is 2.68. The third-order valence-corrected chi connectivity index (χ3v) is 4.12. The van der Waals surface area contributed by atoms with Crippen LogP contribution in [0.5, 0.6) is 0 Å². The zero-order chi connectivity index (χ0) is 12.4. The van der Waals surface area contributed by atoms with Crippen LogP contribution in [-0.2, 0) is 0 Å². The summed E-state index contributed by atoms with van der Waals surface area (Å²) in [5, 5.41) is 22.4. The number of nitro groups is 2. The molecule has 0 aromatic rings. The first-order valence-electron chi connectivity index (χ1n) is 5.70. The van der Waals surface area contributed by atoms with Gasteiger partial charge in [-0.1, -0.05) is 13.3 Å². The van der Waals surface area contributed by atoms with Crippen molar-refractivity contribution in [3.05, 3.63) is 20.2 Å². The van der Waals surface area contributed by atoms with E-state index in [1.807, 2.05) is 0 Å². The maximum atomic E-state index is 11.3. The summed E-state index contributed by atoms with van der Waals surface area (Å²) in [7, 11) is 0. The van der Waals surface area contributed by atoms with E-state index in [4.69, 9.17) is 0 Å². The van der Waals surface area contributed by atoms with Gasteiger partial charge >= 0.3 is 0 Å². The maximum Gasteiger partial charge on any atom is 0.290 e. The van der Waals surface area contributed by atoms with E-state index in [1.165, 1.54) is 6.92 Å². The minimum Gasteiger partial charge on any atom is -0.264 e. The Morgan fingerprint density at radius 3 is 2.00 bits per heavy atom. The lowest BCUT2D eigenvalue weighted by Crippen LogP contribution is -2.62. The quantitative estimate of drug-likeness (QED) is 0.548. The van der Waals surface area contributed by atoms with Crippen LogP contribution in [0, 0.1) is 20.2 Å². The van der Waals surface area contributed by atoms with E-state index >= 15 is 0 Å². The highest BCUT2D eigenvalue weighted by Gasteiger charge is 2.66. The summed E-state index contributed by atoms with van der Waals surface area (Å²) in [6, 6.07) is 0. The summed E-state index contributed by atoms with van der Waals surface area (Å²) < 4.78 is 0. The molecule has 1 aliphatic rings. The molecule has 1 fully saturated rings. The lowest BCUT2D eigenvalue weighted by atomic mass is 9.68. The van der Waals surface area contributed by atoms with Gasteiger partial charge in [0.1, 0.15) is 0 Å². The number of hydrogen-bond donors (Lipinski definition) is 0. The Morgan fingerprint density at radius 1 is 1.19 bits per heavy atom. The molecule has 6 nitrogen and oxygen atoms in total. The fourth-order valence-electron chi connectivity index (χ4n) is 2.68. The Labute approximate surface area is 94.3 Å². The van der Waals surface area contributed by atoms with Gasteiger partial charge in [0.2, 0.25) is 0 Å². The van der Waals surface area contributed by atoms with Gasteiger partial charge in [-0.3, -0.25) is 20.2 Å². The number of rotatable bonds is 4. The van der Waals surface area contributed by atoms with Gasteiger partial charge in [0.15, 0.2) is 0 Å². The van der Waals surface area contributed by atoms with Crippen LogP contribution >= 0.6 is 0 Å². The van der Waals surface area contributed by atoms with Gasteiger partial charge in [0, 0.05) is 36.0 Å². The second kappa shape index (κ2) is 4.35. The molecule has 0 aromatic carbocycles. The number of hydrogen-bond acceptors (Lipinski definition) is 4. The van der Waals surface area contributed by atoms with Crippen molar-refractivity contribution in [3.8, 4) is 0 Å². The van der Waals surface area contributed by atoms with E-state index in [-0.39, 0.29) is 6.42 Å². The predicted molar refractivity (Wildman–Crippen MR) is 58.5 cm³/mol. The molecule has 92 valence electrons. The SMILES string of the molecule is CCC(C)([N+](=O)[O-])C1([N+](=O)[O-])CCCCC1. The van der Waals surface area contributed by atoms with Gasteiger partial charge < -0.3 is 0 Å². The maximum absolute atomic E-state index is 11.3. The largest absolute Gasteiger partial charge is 0.290 e. The average Bonchev–Trinajstić information content (AvgIpc) is 2.28. The Bertz CT molecular complexity index is 299. The van der Waals surface area contributed by atoms with Gasteiger partial charge in [-0.05, 0) is 12.8 Å². The number of nitrogens with zero attached hydrogens (tertiary/aromatic N) is 2. The van der Waals surface area contributed by atoms with Crippen LogP contribution in [0.3, 0.4) is 0 Å². The first kappa shape index (κ1) is 12.9. The molecule has 0 saturated heterocycles. The normalized spacial score (nSPS) is 23.4. The summed E-state index contributed by atoms with van der Waals surface area (Å²) in [5.74, 6) is 0. The third-order valence-electron chi connectivity index (χ3n) is 4.12. The highest BCUT2D eigenvalue weighted by atomic mass is 16.6. The lowest BCUT2D eigenvalue weighted by molar-refractivity contribution is -0.687. The van der Waals surface area contributed by atoms with Crippen molar-refractivity contribution in [1.29, 1.82) is 0 Å². The van der Waals surface area contributed by atoms with Gasteiger partial charge in [-0.15, -0.1) is 0 Å². The van der Waals surface area contributed by atoms with Gasteiger partial charge in [0.05, 0.1) is 0 Å². The van der Waals surface area contributed by atoms with E-state index in [1.54, 1.807) is 6.92 Å². The molecule has 0 aliphatic heterocycles. The van der Waals surface area contributed by atoms with E-state index in [9.17, 15) is 20.2 Å². The minimum atomic E-state index is -1.45. The average molecular weight is 230 g/mol. The van der Waals surface area contributed by atoms with E-state index in [0.717, 1.165) is 6.42 Å². The third kappa shape index (κ3) is 1.66. The molecule has 1 saturated carbocycles. The van der Waals surface area contributed by atoms with Crippen LogP contribution in [0.4, 0.5) is 0 Å². The Hall–Kier alpha value is -1.20. The second-order valence-corrected chi connectivity index (χ2v) is 4.73. The zero-order valence-electron chi connectivity index (χ0n) is 9.77. The van der Waals surface area contributed by atoms with Crippen LogP contribution in [-0.4, -0.2) is 20.9 Å². The van der Waals surface area contributed by atoms with Crippen molar-refractivity contribution < 1.29 is 9.85 Å². The molecular weight excluding hydrogens is 212 g/mol. The van der Waals surface area contributed by atoms with Crippen molar-refractivity contribution >= 4 is 0 Å². The Balaban J connectivity index is 3.18. The molecule has 1 unspecified atom stereocenters. The Morgan fingerprint density at radius 2 is 1.69 bits per heavy atom. The van der Waals surface area contributed by atoms with E-state index in [0.29, 0.717) is 25.7 Å². The molecule has 1 aliphatic carbocycles. The molecule has 0 radical (unpaired) electrons. The summed E-state index contributed by atoms with van der Waals surface area (Å²) >= 11 is 0.